The second kappa shape index (κ2) is 9.36. The van der Waals surface area contributed by atoms with Crippen LogP contribution >= 0.6 is 27.7 Å². The second-order valence-electron chi connectivity index (χ2n) is 5.56. The molecule has 0 bridgehead atoms. The summed E-state index contributed by atoms with van der Waals surface area (Å²) < 4.78 is 1.27. The van der Waals surface area contributed by atoms with E-state index >= 15 is 0 Å². The number of carboxylic acid groups (broad SMARTS) is 1. The summed E-state index contributed by atoms with van der Waals surface area (Å²) in [6, 6.07) is 16.5. The molecular weight excluding hydrogens is 489 g/mol. The van der Waals surface area contributed by atoms with Gasteiger partial charge in [-0.2, -0.15) is 0 Å². The molecule has 3 rings (SSSR count). The van der Waals surface area contributed by atoms with Gasteiger partial charge in [-0.3, -0.25) is 0 Å². The summed E-state index contributed by atoms with van der Waals surface area (Å²) in [7, 11) is 0. The average molecular weight is 503 g/mol. The summed E-state index contributed by atoms with van der Waals surface area (Å²) in [4.78, 5) is 29.2. The molecule has 0 spiro atoms. The maximum atomic E-state index is 12.7. The number of halogens is 1. The van der Waals surface area contributed by atoms with E-state index in [1.807, 2.05) is 30.3 Å². The quantitative estimate of drug-likeness (QED) is 0.390. The second-order valence-corrected chi connectivity index (χ2v) is 9.85. The van der Waals surface area contributed by atoms with E-state index in [1.165, 1.54) is 5.56 Å². The van der Waals surface area contributed by atoms with E-state index in [-0.39, 0.29) is 10.1 Å². The van der Waals surface area contributed by atoms with Crippen molar-refractivity contribution >= 4 is 58.3 Å². The Balaban J connectivity index is 1.73. The molecule has 0 aliphatic heterocycles. The van der Waals surface area contributed by atoms with Crippen molar-refractivity contribution < 1.29 is 14.7 Å². The minimum absolute atomic E-state index is 0.0116. The molecule has 0 aliphatic carbocycles. The van der Waals surface area contributed by atoms with Crippen LogP contribution in [0.5, 0.6) is 0 Å². The van der Waals surface area contributed by atoms with Crippen LogP contribution in [0.2, 0.25) is 0 Å². The predicted octanol–water partition coefficient (Wildman–Crippen LogP) is 4.00. The Hall–Kier alpha value is -1.88. The van der Waals surface area contributed by atoms with Gasteiger partial charge in [0.2, 0.25) is 0 Å². The van der Waals surface area contributed by atoms with Crippen molar-refractivity contribution in [1.82, 2.24) is 4.98 Å². The fourth-order valence-electron chi connectivity index (χ4n) is 2.32. The van der Waals surface area contributed by atoms with Gasteiger partial charge in [-0.1, -0.05) is 0 Å². The zero-order valence-corrected chi connectivity index (χ0v) is 18.3. The van der Waals surface area contributed by atoms with Crippen LogP contribution in [0.1, 0.15) is 26.3 Å². The molecule has 7 heteroatoms. The third-order valence-corrected chi connectivity index (χ3v) is 7.50. The van der Waals surface area contributed by atoms with Crippen LogP contribution < -0.4 is 4.35 Å². The van der Waals surface area contributed by atoms with Crippen molar-refractivity contribution in [2.45, 2.75) is 10.6 Å². The first kappa shape index (κ1) is 19.9. The van der Waals surface area contributed by atoms with Crippen LogP contribution in [-0.2, 0) is 5.75 Å². The summed E-state index contributed by atoms with van der Waals surface area (Å²) in [5.74, 6) is -0.222. The van der Waals surface area contributed by atoms with E-state index in [0.29, 0.717) is 14.4 Å². The molecule has 4 nitrogen and oxygen atoms in total. The third-order valence-electron chi connectivity index (χ3n) is 3.65. The SMILES string of the molecule is O=C([As]c1ccc(Br)cc1C(=O)O)c1cccc(SCc2ccncc2)c1. The minimum atomic E-state index is -1.02. The molecule has 0 atom stereocenters. The topological polar surface area (TPSA) is 67.3 Å². The van der Waals surface area contributed by atoms with E-state index in [0.717, 1.165) is 10.6 Å². The molecule has 0 saturated carbocycles. The summed E-state index contributed by atoms with van der Waals surface area (Å²) in [6.07, 6.45) is 3.52. The summed E-state index contributed by atoms with van der Waals surface area (Å²) in [5.41, 5.74) is 1.97. The zero-order chi connectivity index (χ0) is 19.2. The van der Waals surface area contributed by atoms with Gasteiger partial charge in [0.15, 0.2) is 0 Å². The Bertz CT molecular complexity index is 982. The molecule has 1 heterocycles. The van der Waals surface area contributed by atoms with Crippen LogP contribution in [0.25, 0.3) is 0 Å². The van der Waals surface area contributed by atoms with Crippen LogP contribution in [-0.4, -0.2) is 36.4 Å². The number of hydrogen-bond acceptors (Lipinski definition) is 4. The average Bonchev–Trinajstić information content (AvgIpc) is 2.68. The maximum absolute atomic E-state index is 12.7. The molecule has 1 N–H and O–H groups in total. The van der Waals surface area contributed by atoms with Crippen LogP contribution in [0.3, 0.4) is 0 Å². The number of nitrogens with zero attached hydrogens (tertiary/aromatic N) is 1. The Labute approximate surface area is 176 Å². The van der Waals surface area contributed by atoms with Gasteiger partial charge in [-0.05, 0) is 0 Å². The number of carbonyl (C=O) groups is 2. The van der Waals surface area contributed by atoms with Crippen LogP contribution in [0.4, 0.5) is 0 Å². The van der Waals surface area contributed by atoms with Gasteiger partial charge in [-0.25, -0.2) is 0 Å². The number of aromatic carboxylic acids is 1. The number of rotatable bonds is 7. The number of aromatic nitrogens is 1. The van der Waals surface area contributed by atoms with Crippen molar-refractivity contribution in [2.75, 3.05) is 0 Å². The van der Waals surface area contributed by atoms with E-state index in [9.17, 15) is 14.7 Å². The Morgan fingerprint density at radius 3 is 2.59 bits per heavy atom. The summed E-state index contributed by atoms with van der Waals surface area (Å²) >= 11 is 3.99. The molecule has 0 fully saturated rings. The molecule has 0 saturated heterocycles. The zero-order valence-electron chi connectivity index (χ0n) is 14.0. The number of pyridine rings is 1. The third kappa shape index (κ3) is 5.55. The van der Waals surface area contributed by atoms with Crippen molar-refractivity contribution in [1.29, 1.82) is 0 Å². The van der Waals surface area contributed by atoms with E-state index in [2.05, 4.69) is 20.9 Å². The standard InChI is InChI=1S/C20H14AsBrNO3S/c22-15-4-5-18(17(11-15)20(25)26)21-19(24)14-2-1-3-16(10-14)27-12-13-6-8-23-9-7-13/h1-11H,12H2,(H,25,26). The molecule has 2 aromatic carbocycles. The number of benzene rings is 2. The molecule has 0 amide bonds. The van der Waals surface area contributed by atoms with Gasteiger partial charge in [0, 0.05) is 0 Å². The molecule has 0 unspecified atom stereocenters. The van der Waals surface area contributed by atoms with Crippen molar-refractivity contribution in [3.63, 3.8) is 0 Å². The Kier molecular flexibility index (Phi) is 6.88. The summed E-state index contributed by atoms with van der Waals surface area (Å²) in [5, 5.41) is 9.37. The first-order valence-electron chi connectivity index (χ1n) is 7.93. The number of thioether (sulfide) groups is 1. The van der Waals surface area contributed by atoms with Crippen molar-refractivity contribution in [3.05, 3.63) is 88.2 Å². The molecule has 27 heavy (non-hydrogen) atoms. The predicted molar refractivity (Wildman–Crippen MR) is 111 cm³/mol. The van der Waals surface area contributed by atoms with Gasteiger partial charge in [0.1, 0.15) is 0 Å². The van der Waals surface area contributed by atoms with E-state index in [1.54, 1.807) is 48.4 Å². The van der Waals surface area contributed by atoms with E-state index in [4.69, 9.17) is 0 Å². The molecule has 3 aromatic rings. The van der Waals surface area contributed by atoms with Gasteiger partial charge in [0.25, 0.3) is 0 Å². The van der Waals surface area contributed by atoms with Gasteiger partial charge < -0.3 is 0 Å². The number of carbonyl (C=O) groups excluding carboxylic acids is 1. The van der Waals surface area contributed by atoms with Gasteiger partial charge >= 0.3 is 177 Å². The van der Waals surface area contributed by atoms with Crippen LogP contribution in [0.15, 0.2) is 76.4 Å². The fourth-order valence-corrected chi connectivity index (χ4v) is 5.51. The first-order valence-corrected chi connectivity index (χ1v) is 11.6. The molecule has 1 aromatic heterocycles. The first-order chi connectivity index (χ1) is 13.0. The van der Waals surface area contributed by atoms with Gasteiger partial charge in [0.05, 0.1) is 0 Å². The molecule has 135 valence electrons. The monoisotopic (exact) mass is 502 g/mol. The number of hydrogen-bond donors (Lipinski definition) is 1. The molecule has 0 aliphatic rings. The van der Waals surface area contributed by atoms with Gasteiger partial charge in [-0.15, -0.1) is 0 Å². The summed E-state index contributed by atoms with van der Waals surface area (Å²) in [6.45, 7) is 0. The van der Waals surface area contributed by atoms with Crippen molar-refractivity contribution in [3.8, 4) is 0 Å². The van der Waals surface area contributed by atoms with E-state index < -0.39 is 21.7 Å². The number of carboxylic acids is 1. The normalized spacial score (nSPS) is 11.0. The molecular formula is C20H14AsBrNO3S. The Morgan fingerprint density at radius 2 is 1.85 bits per heavy atom. The fraction of sp³-hybridized carbons (Fsp3) is 0.0500. The van der Waals surface area contributed by atoms with Crippen LogP contribution in [0, 0.1) is 0 Å². The molecule has 1 radical (unpaired) electrons. The van der Waals surface area contributed by atoms with Crippen molar-refractivity contribution in [2.24, 2.45) is 0 Å². The Morgan fingerprint density at radius 1 is 1.07 bits per heavy atom.